The second-order valence-electron chi connectivity index (χ2n) is 8.08. The zero-order valence-electron chi connectivity index (χ0n) is 19.8. The zero-order valence-corrected chi connectivity index (χ0v) is 19.8. The molecule has 0 atom stereocenters. The van der Waals surface area contributed by atoms with Crippen LogP contribution in [0.1, 0.15) is 39.0 Å². The summed E-state index contributed by atoms with van der Waals surface area (Å²) in [6.45, 7) is 2.87. The fourth-order valence-electron chi connectivity index (χ4n) is 3.66. The molecule has 8 heteroatoms. The highest BCUT2D eigenvalue weighted by atomic mass is 16.5. The minimum atomic E-state index is -0.142. The van der Waals surface area contributed by atoms with Gasteiger partial charge in [-0.2, -0.15) is 20.5 Å². The number of azo groups is 1. The highest BCUT2D eigenvalue weighted by Gasteiger charge is 2.09. The van der Waals surface area contributed by atoms with Crippen LogP contribution in [0.3, 0.4) is 0 Å². The third-order valence-electron chi connectivity index (χ3n) is 5.53. The molecule has 1 N–H and O–H groups in total. The van der Waals surface area contributed by atoms with Gasteiger partial charge in [0.25, 0.3) is 0 Å². The SMILES string of the molecule is CCC(=O)OCCCCCCOc1ccc2ccccc2c1N=Nc1cccc(-c2cn[nH]n2)c1. The van der Waals surface area contributed by atoms with E-state index in [1.165, 1.54) is 0 Å². The van der Waals surface area contributed by atoms with Crippen LogP contribution in [0.2, 0.25) is 0 Å². The Bertz CT molecular complexity index is 1270. The lowest BCUT2D eigenvalue weighted by atomic mass is 10.1. The van der Waals surface area contributed by atoms with Crippen molar-refractivity contribution >= 4 is 28.1 Å². The summed E-state index contributed by atoms with van der Waals surface area (Å²) in [5.74, 6) is 0.563. The van der Waals surface area contributed by atoms with Crippen molar-refractivity contribution in [1.29, 1.82) is 0 Å². The van der Waals surface area contributed by atoms with Gasteiger partial charge in [-0.1, -0.05) is 49.4 Å². The lowest BCUT2D eigenvalue weighted by Crippen LogP contribution is -2.04. The lowest BCUT2D eigenvalue weighted by molar-refractivity contribution is -0.143. The molecule has 0 fully saturated rings. The Morgan fingerprint density at radius 2 is 1.80 bits per heavy atom. The molecule has 180 valence electrons. The summed E-state index contributed by atoms with van der Waals surface area (Å²) in [7, 11) is 0. The van der Waals surface area contributed by atoms with Crippen LogP contribution in [0, 0.1) is 0 Å². The molecule has 3 aromatic carbocycles. The highest BCUT2D eigenvalue weighted by Crippen LogP contribution is 2.37. The van der Waals surface area contributed by atoms with E-state index in [2.05, 4.69) is 31.7 Å². The van der Waals surface area contributed by atoms with Crippen LogP contribution in [-0.2, 0) is 9.53 Å². The molecule has 0 unspecified atom stereocenters. The van der Waals surface area contributed by atoms with Crippen molar-refractivity contribution in [3.8, 4) is 17.0 Å². The number of fused-ring (bicyclic) bond motifs is 1. The van der Waals surface area contributed by atoms with Crippen LogP contribution in [0.4, 0.5) is 11.4 Å². The molecule has 0 bridgehead atoms. The van der Waals surface area contributed by atoms with Crippen molar-refractivity contribution < 1.29 is 14.3 Å². The summed E-state index contributed by atoms with van der Waals surface area (Å²) in [4.78, 5) is 11.2. The first-order valence-electron chi connectivity index (χ1n) is 11.9. The number of rotatable bonds is 12. The van der Waals surface area contributed by atoms with Crippen LogP contribution in [-0.4, -0.2) is 34.6 Å². The number of carbonyl (C=O) groups excluding carboxylic acids is 1. The van der Waals surface area contributed by atoms with Gasteiger partial charge in [0.1, 0.15) is 17.1 Å². The predicted molar refractivity (Wildman–Crippen MR) is 135 cm³/mol. The van der Waals surface area contributed by atoms with Crippen LogP contribution < -0.4 is 4.74 Å². The lowest BCUT2D eigenvalue weighted by Gasteiger charge is -2.11. The molecule has 4 rings (SSSR count). The van der Waals surface area contributed by atoms with Gasteiger partial charge in [-0.25, -0.2) is 0 Å². The molecule has 1 heterocycles. The van der Waals surface area contributed by atoms with Gasteiger partial charge in [0, 0.05) is 17.4 Å². The van der Waals surface area contributed by atoms with Gasteiger partial charge in [0.05, 0.1) is 25.1 Å². The maximum atomic E-state index is 11.2. The summed E-state index contributed by atoms with van der Waals surface area (Å²) in [5.41, 5.74) is 3.09. The van der Waals surface area contributed by atoms with Gasteiger partial charge in [-0.05, 0) is 49.3 Å². The summed E-state index contributed by atoms with van der Waals surface area (Å²) >= 11 is 0. The molecule has 0 aliphatic rings. The largest absolute Gasteiger partial charge is 0.491 e. The van der Waals surface area contributed by atoms with E-state index < -0.39 is 0 Å². The summed E-state index contributed by atoms with van der Waals surface area (Å²) in [5, 5.41) is 21.8. The number of esters is 1. The predicted octanol–water partition coefficient (Wildman–Crippen LogP) is 6.93. The smallest absolute Gasteiger partial charge is 0.305 e. The van der Waals surface area contributed by atoms with Crippen LogP contribution in [0.15, 0.2) is 77.1 Å². The number of nitrogens with zero attached hydrogens (tertiary/aromatic N) is 4. The molecule has 8 nitrogen and oxygen atoms in total. The number of benzene rings is 3. The molecule has 0 aliphatic heterocycles. The highest BCUT2D eigenvalue weighted by molar-refractivity contribution is 5.95. The van der Waals surface area contributed by atoms with Crippen molar-refractivity contribution in [3.05, 3.63) is 66.9 Å². The molecular formula is C27H29N5O3. The van der Waals surface area contributed by atoms with E-state index in [9.17, 15) is 4.79 Å². The monoisotopic (exact) mass is 471 g/mol. The van der Waals surface area contributed by atoms with E-state index in [1.54, 1.807) is 13.1 Å². The van der Waals surface area contributed by atoms with Crippen LogP contribution in [0.25, 0.3) is 22.0 Å². The fraction of sp³-hybridized carbons (Fsp3) is 0.296. The zero-order chi connectivity index (χ0) is 24.3. The van der Waals surface area contributed by atoms with Crippen LogP contribution in [0.5, 0.6) is 5.75 Å². The van der Waals surface area contributed by atoms with E-state index in [1.807, 2.05) is 54.6 Å². The number of nitrogens with one attached hydrogen (secondary N) is 1. The third-order valence-corrected chi connectivity index (χ3v) is 5.53. The van der Waals surface area contributed by atoms with Gasteiger partial charge in [0.15, 0.2) is 0 Å². The van der Waals surface area contributed by atoms with Crippen molar-refractivity contribution in [2.24, 2.45) is 10.2 Å². The normalized spacial score (nSPS) is 11.2. The van der Waals surface area contributed by atoms with E-state index in [0.29, 0.717) is 36.8 Å². The van der Waals surface area contributed by atoms with Crippen molar-refractivity contribution in [2.45, 2.75) is 39.0 Å². The number of aromatic amines is 1. The standard InChI is InChI=1S/C27H29N5O3/c1-2-26(33)35-17-8-4-3-7-16-34-25-15-14-20-10-5-6-13-23(20)27(25)31-29-22-12-9-11-21(18-22)24-19-28-32-30-24/h5-6,9-15,18-19H,2-4,7-8,16-17H2,1H3,(H,28,30,32). The van der Waals surface area contributed by atoms with E-state index in [-0.39, 0.29) is 5.97 Å². The van der Waals surface area contributed by atoms with Gasteiger partial charge in [-0.3, -0.25) is 4.79 Å². The first-order chi connectivity index (χ1) is 17.2. The van der Waals surface area contributed by atoms with Crippen LogP contribution >= 0.6 is 0 Å². The van der Waals surface area contributed by atoms with Gasteiger partial charge in [0.2, 0.25) is 0 Å². The molecule has 0 amide bonds. The quantitative estimate of drug-likeness (QED) is 0.137. The Morgan fingerprint density at radius 1 is 0.943 bits per heavy atom. The average Bonchev–Trinajstić information content (AvgIpc) is 3.44. The van der Waals surface area contributed by atoms with E-state index >= 15 is 0 Å². The Hall–Kier alpha value is -4.07. The maximum Gasteiger partial charge on any atom is 0.305 e. The molecular weight excluding hydrogens is 442 g/mol. The minimum absolute atomic E-state index is 0.142. The Labute approximate surface area is 204 Å². The van der Waals surface area contributed by atoms with Gasteiger partial charge in [-0.15, -0.1) is 5.11 Å². The summed E-state index contributed by atoms with van der Waals surface area (Å²) in [6, 6.07) is 19.8. The molecule has 0 aliphatic carbocycles. The summed E-state index contributed by atoms with van der Waals surface area (Å²) < 4.78 is 11.2. The fourth-order valence-corrected chi connectivity index (χ4v) is 3.66. The van der Waals surface area contributed by atoms with Crippen molar-refractivity contribution in [1.82, 2.24) is 15.4 Å². The number of H-pyrrole nitrogens is 1. The summed E-state index contributed by atoms with van der Waals surface area (Å²) in [6.07, 6.45) is 5.87. The molecule has 0 saturated heterocycles. The van der Waals surface area contributed by atoms with Crippen molar-refractivity contribution in [3.63, 3.8) is 0 Å². The third kappa shape index (κ3) is 6.72. The number of aromatic nitrogens is 3. The topological polar surface area (TPSA) is 102 Å². The number of unbranched alkanes of at least 4 members (excludes halogenated alkanes) is 3. The molecule has 1 aromatic heterocycles. The number of hydrogen-bond acceptors (Lipinski definition) is 7. The molecule has 35 heavy (non-hydrogen) atoms. The first-order valence-corrected chi connectivity index (χ1v) is 11.9. The first kappa shape index (κ1) is 24.1. The molecule has 4 aromatic rings. The Kier molecular flexibility index (Phi) is 8.53. The van der Waals surface area contributed by atoms with Gasteiger partial charge >= 0.3 is 5.97 Å². The second kappa shape index (κ2) is 12.4. The Balaban J connectivity index is 1.42. The number of ether oxygens (including phenoxy) is 2. The minimum Gasteiger partial charge on any atom is -0.491 e. The molecule has 0 spiro atoms. The Morgan fingerprint density at radius 3 is 2.63 bits per heavy atom. The average molecular weight is 472 g/mol. The van der Waals surface area contributed by atoms with Gasteiger partial charge < -0.3 is 9.47 Å². The number of carbonyl (C=O) groups is 1. The van der Waals surface area contributed by atoms with E-state index in [0.717, 1.165) is 47.7 Å². The maximum absolute atomic E-state index is 11.2. The van der Waals surface area contributed by atoms with Crippen molar-refractivity contribution in [2.75, 3.05) is 13.2 Å². The van der Waals surface area contributed by atoms with E-state index in [4.69, 9.17) is 9.47 Å². The number of hydrogen-bond donors (Lipinski definition) is 1. The second-order valence-corrected chi connectivity index (χ2v) is 8.08. The molecule has 0 radical (unpaired) electrons. The molecule has 0 saturated carbocycles.